The summed E-state index contributed by atoms with van der Waals surface area (Å²) >= 11 is 12.0. The van der Waals surface area contributed by atoms with Crippen LogP contribution in [0.15, 0.2) is 47.6 Å². The normalized spacial score (nSPS) is 19.9. The summed E-state index contributed by atoms with van der Waals surface area (Å²) in [5.74, 6) is -0.195. The van der Waals surface area contributed by atoms with Crippen LogP contribution in [-0.2, 0) is 4.79 Å². The summed E-state index contributed by atoms with van der Waals surface area (Å²) in [7, 11) is 0. The Morgan fingerprint density at radius 2 is 1.72 bits per heavy atom. The summed E-state index contributed by atoms with van der Waals surface area (Å²) in [4.78, 5) is 12.8. The number of nitrogens with zero attached hydrogens (tertiary/aromatic N) is 3. The van der Waals surface area contributed by atoms with Gasteiger partial charge in [0.2, 0.25) is 0 Å². The van der Waals surface area contributed by atoms with Crippen LogP contribution in [0.1, 0.15) is 37.3 Å². The molecule has 1 atom stereocenters. The number of carbonyl (C=O) groups is 1. The van der Waals surface area contributed by atoms with E-state index in [1.807, 2.05) is 29.3 Å². The topological polar surface area (TPSA) is 68.2 Å². The van der Waals surface area contributed by atoms with Gasteiger partial charge >= 0.3 is 0 Å². The van der Waals surface area contributed by atoms with E-state index in [9.17, 15) is 9.90 Å². The Bertz CT molecular complexity index is 927. The number of anilines is 1. The standard InChI is InChI=1S/C21H22Cl2N4O2/c22-15-6-4-14(5-7-15)19-13-17(21(29)25-26-10-2-1-3-11-26)24-27(19)18-9-8-16(23)12-20(18)28/h4-9,12,19,28H,1-3,10-11,13H2,(H,25,29). The number of piperidine rings is 1. The van der Waals surface area contributed by atoms with Crippen molar-refractivity contribution in [3.05, 3.63) is 58.1 Å². The number of phenolic OH excluding ortho intramolecular Hbond substituents is 1. The Balaban J connectivity index is 1.62. The number of hydrogen-bond donors (Lipinski definition) is 2. The van der Waals surface area contributed by atoms with E-state index in [0.29, 0.717) is 27.9 Å². The molecule has 8 heteroatoms. The average Bonchev–Trinajstić information content (AvgIpc) is 3.14. The van der Waals surface area contributed by atoms with Gasteiger partial charge in [-0.25, -0.2) is 5.01 Å². The predicted molar refractivity (Wildman–Crippen MR) is 115 cm³/mol. The molecule has 1 saturated heterocycles. The second-order valence-corrected chi connectivity index (χ2v) is 8.16. The lowest BCUT2D eigenvalue weighted by molar-refractivity contribution is -0.119. The van der Waals surface area contributed by atoms with Gasteiger partial charge in [0, 0.05) is 35.6 Å². The number of benzene rings is 2. The number of halogens is 2. The fraction of sp³-hybridized carbons (Fsp3) is 0.333. The highest BCUT2D eigenvalue weighted by Gasteiger charge is 2.34. The molecule has 1 unspecified atom stereocenters. The lowest BCUT2D eigenvalue weighted by atomic mass is 10.0. The zero-order valence-electron chi connectivity index (χ0n) is 15.8. The van der Waals surface area contributed by atoms with Gasteiger partial charge in [-0.15, -0.1) is 0 Å². The maximum absolute atomic E-state index is 12.8. The largest absolute Gasteiger partial charge is 0.506 e. The van der Waals surface area contributed by atoms with E-state index < -0.39 is 0 Å². The van der Waals surface area contributed by atoms with Gasteiger partial charge in [-0.1, -0.05) is 41.8 Å². The second kappa shape index (κ2) is 8.61. The van der Waals surface area contributed by atoms with Gasteiger partial charge in [0.15, 0.2) is 0 Å². The molecule has 6 nitrogen and oxygen atoms in total. The van der Waals surface area contributed by atoms with Gasteiger partial charge < -0.3 is 5.11 Å². The molecule has 0 spiro atoms. The average molecular weight is 433 g/mol. The Hall–Kier alpha value is -2.28. The Morgan fingerprint density at radius 1 is 1.03 bits per heavy atom. The van der Waals surface area contributed by atoms with Crippen LogP contribution in [0.2, 0.25) is 10.0 Å². The quantitative estimate of drug-likeness (QED) is 0.744. The van der Waals surface area contributed by atoms with Crippen molar-refractivity contribution >= 4 is 40.5 Å². The minimum absolute atomic E-state index is 0.0119. The molecule has 2 aliphatic heterocycles. The van der Waals surface area contributed by atoms with Crippen LogP contribution < -0.4 is 10.4 Å². The third-order valence-corrected chi connectivity index (χ3v) is 5.71. The van der Waals surface area contributed by atoms with E-state index in [1.54, 1.807) is 17.1 Å². The van der Waals surface area contributed by atoms with Crippen molar-refractivity contribution < 1.29 is 9.90 Å². The van der Waals surface area contributed by atoms with Crippen molar-refractivity contribution in [1.29, 1.82) is 0 Å². The number of hydrazine groups is 1. The molecule has 0 bridgehead atoms. The van der Waals surface area contributed by atoms with E-state index in [0.717, 1.165) is 31.5 Å². The molecule has 0 radical (unpaired) electrons. The van der Waals surface area contributed by atoms with Crippen LogP contribution in [0.25, 0.3) is 0 Å². The van der Waals surface area contributed by atoms with Crippen molar-refractivity contribution in [3.63, 3.8) is 0 Å². The summed E-state index contributed by atoms with van der Waals surface area (Å²) in [5.41, 5.74) is 4.84. The molecule has 2 aliphatic rings. The number of amides is 1. The molecule has 4 rings (SSSR count). The van der Waals surface area contributed by atoms with Gasteiger partial charge in [0.05, 0.1) is 6.04 Å². The third-order valence-electron chi connectivity index (χ3n) is 5.23. The fourth-order valence-electron chi connectivity index (χ4n) is 3.72. The first-order chi connectivity index (χ1) is 14.0. The second-order valence-electron chi connectivity index (χ2n) is 7.28. The summed E-state index contributed by atoms with van der Waals surface area (Å²) < 4.78 is 0. The van der Waals surface area contributed by atoms with Crippen molar-refractivity contribution in [2.75, 3.05) is 18.1 Å². The molecule has 29 heavy (non-hydrogen) atoms. The van der Waals surface area contributed by atoms with Crippen molar-refractivity contribution in [1.82, 2.24) is 10.4 Å². The van der Waals surface area contributed by atoms with E-state index in [1.165, 1.54) is 12.5 Å². The Morgan fingerprint density at radius 3 is 2.41 bits per heavy atom. The monoisotopic (exact) mass is 432 g/mol. The van der Waals surface area contributed by atoms with Gasteiger partial charge in [-0.05, 0) is 42.7 Å². The fourth-order valence-corrected chi connectivity index (χ4v) is 4.01. The third kappa shape index (κ3) is 4.50. The molecule has 152 valence electrons. The van der Waals surface area contributed by atoms with E-state index in [-0.39, 0.29) is 17.7 Å². The molecule has 0 aliphatic carbocycles. The van der Waals surface area contributed by atoms with Crippen molar-refractivity contribution in [3.8, 4) is 5.75 Å². The van der Waals surface area contributed by atoms with Crippen LogP contribution in [0, 0.1) is 0 Å². The van der Waals surface area contributed by atoms with Gasteiger partial charge in [-0.3, -0.25) is 15.2 Å². The highest BCUT2D eigenvalue weighted by molar-refractivity contribution is 6.39. The lowest BCUT2D eigenvalue weighted by Gasteiger charge is -2.26. The molecular formula is C21H22Cl2N4O2. The summed E-state index contributed by atoms with van der Waals surface area (Å²) in [5, 5.41) is 19.7. The number of phenols is 1. The number of rotatable bonds is 4. The number of hydrogen-bond acceptors (Lipinski definition) is 5. The smallest absolute Gasteiger partial charge is 0.281 e. The molecule has 0 saturated carbocycles. The first-order valence-electron chi connectivity index (χ1n) is 9.68. The zero-order valence-corrected chi connectivity index (χ0v) is 17.3. The summed E-state index contributed by atoms with van der Waals surface area (Å²) in [6.07, 6.45) is 3.76. The molecule has 2 N–H and O–H groups in total. The van der Waals surface area contributed by atoms with Gasteiger partial charge in [-0.2, -0.15) is 5.10 Å². The molecule has 0 aromatic heterocycles. The molecule has 1 amide bonds. The number of carbonyl (C=O) groups excluding carboxylic acids is 1. The zero-order chi connectivity index (χ0) is 20.4. The minimum Gasteiger partial charge on any atom is -0.506 e. The van der Waals surface area contributed by atoms with E-state index in [2.05, 4.69) is 10.5 Å². The van der Waals surface area contributed by atoms with Crippen LogP contribution in [0.3, 0.4) is 0 Å². The van der Waals surface area contributed by atoms with Crippen molar-refractivity contribution in [2.45, 2.75) is 31.7 Å². The highest BCUT2D eigenvalue weighted by Crippen LogP contribution is 2.40. The SMILES string of the molecule is O=C(NN1CCCCC1)C1=NN(c2ccc(Cl)cc2O)C(c2ccc(Cl)cc2)C1. The summed E-state index contributed by atoms with van der Waals surface area (Å²) in [6, 6.07) is 12.1. The van der Waals surface area contributed by atoms with Crippen LogP contribution >= 0.6 is 23.2 Å². The van der Waals surface area contributed by atoms with Crippen LogP contribution in [-0.4, -0.2) is 34.8 Å². The molecule has 2 heterocycles. The molecule has 1 fully saturated rings. The van der Waals surface area contributed by atoms with Crippen molar-refractivity contribution in [2.24, 2.45) is 5.10 Å². The van der Waals surface area contributed by atoms with Crippen LogP contribution in [0.4, 0.5) is 5.69 Å². The molecule has 2 aromatic rings. The number of nitrogens with one attached hydrogen (secondary N) is 1. The Labute approximate surface area is 179 Å². The first kappa shape index (κ1) is 20.0. The van der Waals surface area contributed by atoms with E-state index in [4.69, 9.17) is 23.2 Å². The maximum atomic E-state index is 12.8. The number of hydrazone groups is 1. The highest BCUT2D eigenvalue weighted by atomic mass is 35.5. The Kier molecular flexibility index (Phi) is 5.94. The minimum atomic E-state index is -0.235. The first-order valence-corrected chi connectivity index (χ1v) is 10.4. The molecule has 2 aromatic carbocycles. The van der Waals surface area contributed by atoms with Crippen LogP contribution in [0.5, 0.6) is 5.75 Å². The van der Waals surface area contributed by atoms with Gasteiger partial charge in [0.1, 0.15) is 17.1 Å². The van der Waals surface area contributed by atoms with E-state index >= 15 is 0 Å². The lowest BCUT2D eigenvalue weighted by Crippen LogP contribution is -2.47. The predicted octanol–water partition coefficient (Wildman–Crippen LogP) is 4.52. The van der Waals surface area contributed by atoms with Gasteiger partial charge in [0.25, 0.3) is 5.91 Å². The molecular weight excluding hydrogens is 411 g/mol. The maximum Gasteiger partial charge on any atom is 0.281 e. The summed E-state index contributed by atoms with van der Waals surface area (Å²) in [6.45, 7) is 1.70. The number of aromatic hydroxyl groups is 1.